The highest BCUT2D eigenvalue weighted by molar-refractivity contribution is 5.97. The molecule has 116 valence electrons. The molecule has 1 fully saturated rings. The minimum absolute atomic E-state index is 0.139. The lowest BCUT2D eigenvalue weighted by atomic mass is 9.98. The number of amidine groups is 1. The molecule has 0 bridgehead atoms. The molecule has 6 heteroatoms. The van der Waals surface area contributed by atoms with Crippen LogP contribution in [0, 0.1) is 11.7 Å². The molecule has 1 saturated heterocycles. The number of benzene rings is 1. The second kappa shape index (κ2) is 7.38. The van der Waals surface area contributed by atoms with E-state index >= 15 is 0 Å². The molecule has 1 aliphatic heterocycles. The lowest BCUT2D eigenvalue weighted by Crippen LogP contribution is -2.36. The summed E-state index contributed by atoms with van der Waals surface area (Å²) in [5.74, 6) is -0.119. The first kappa shape index (κ1) is 15.7. The lowest BCUT2D eigenvalue weighted by Gasteiger charge is -2.32. The van der Waals surface area contributed by atoms with Gasteiger partial charge in [0.05, 0.1) is 12.2 Å². The van der Waals surface area contributed by atoms with Crippen molar-refractivity contribution in [2.24, 2.45) is 16.8 Å². The minimum Gasteiger partial charge on any atom is -0.409 e. The summed E-state index contributed by atoms with van der Waals surface area (Å²) in [5.41, 5.74) is 6.19. The van der Waals surface area contributed by atoms with Gasteiger partial charge in [-0.3, -0.25) is 4.90 Å². The van der Waals surface area contributed by atoms with Gasteiger partial charge in [-0.05, 0) is 31.4 Å². The first-order valence-corrected chi connectivity index (χ1v) is 7.12. The zero-order valence-corrected chi connectivity index (χ0v) is 12.3. The molecule has 1 heterocycles. The Morgan fingerprint density at radius 2 is 2.38 bits per heavy atom. The van der Waals surface area contributed by atoms with Gasteiger partial charge in [0.15, 0.2) is 5.84 Å². The number of piperidine rings is 1. The van der Waals surface area contributed by atoms with E-state index in [-0.39, 0.29) is 11.4 Å². The van der Waals surface area contributed by atoms with Crippen LogP contribution in [0.25, 0.3) is 0 Å². The minimum atomic E-state index is -0.415. The molecule has 0 aliphatic carbocycles. The monoisotopic (exact) mass is 295 g/mol. The van der Waals surface area contributed by atoms with Gasteiger partial charge < -0.3 is 15.7 Å². The molecule has 5 nitrogen and oxygen atoms in total. The fraction of sp³-hybridized carbons (Fsp3) is 0.533. The van der Waals surface area contributed by atoms with E-state index in [2.05, 4.69) is 10.1 Å². The van der Waals surface area contributed by atoms with Crippen LogP contribution < -0.4 is 5.73 Å². The number of nitrogens with zero attached hydrogens (tertiary/aromatic N) is 2. The van der Waals surface area contributed by atoms with Gasteiger partial charge in [-0.2, -0.15) is 0 Å². The zero-order valence-electron chi connectivity index (χ0n) is 12.3. The third-order valence-corrected chi connectivity index (χ3v) is 3.86. The van der Waals surface area contributed by atoms with Crippen molar-refractivity contribution in [1.29, 1.82) is 0 Å². The first-order chi connectivity index (χ1) is 10.2. The quantitative estimate of drug-likeness (QED) is 0.376. The van der Waals surface area contributed by atoms with Gasteiger partial charge >= 0.3 is 0 Å². The predicted octanol–water partition coefficient (Wildman–Crippen LogP) is 1.78. The third-order valence-electron chi connectivity index (χ3n) is 3.86. The Balaban J connectivity index is 2.09. The SMILES string of the molecule is COCC1CCCN(Cc2cccc(/C(N)=N/O)c2F)C1. The normalized spacial score (nSPS) is 20.7. The maximum absolute atomic E-state index is 14.4. The molecule has 0 aromatic heterocycles. The van der Waals surface area contributed by atoms with Gasteiger partial charge in [0.25, 0.3) is 0 Å². The Morgan fingerprint density at radius 1 is 1.57 bits per heavy atom. The zero-order chi connectivity index (χ0) is 15.2. The predicted molar refractivity (Wildman–Crippen MR) is 78.8 cm³/mol. The molecule has 1 aromatic carbocycles. The summed E-state index contributed by atoms with van der Waals surface area (Å²) in [6.45, 7) is 3.12. The third kappa shape index (κ3) is 3.92. The molecule has 1 unspecified atom stereocenters. The van der Waals surface area contributed by atoms with Gasteiger partial charge in [-0.25, -0.2) is 4.39 Å². The first-order valence-electron chi connectivity index (χ1n) is 7.12. The number of halogens is 1. The summed E-state index contributed by atoms with van der Waals surface area (Å²) in [6, 6.07) is 4.98. The van der Waals surface area contributed by atoms with Crippen LogP contribution in [0.4, 0.5) is 4.39 Å². The Bertz CT molecular complexity index is 506. The van der Waals surface area contributed by atoms with E-state index in [4.69, 9.17) is 15.7 Å². The summed E-state index contributed by atoms with van der Waals surface area (Å²) in [7, 11) is 1.71. The van der Waals surface area contributed by atoms with Gasteiger partial charge in [0.1, 0.15) is 5.82 Å². The average molecular weight is 295 g/mol. The maximum Gasteiger partial charge on any atom is 0.173 e. The van der Waals surface area contributed by atoms with Gasteiger partial charge in [-0.15, -0.1) is 0 Å². The van der Waals surface area contributed by atoms with Crippen molar-refractivity contribution in [2.45, 2.75) is 19.4 Å². The fourth-order valence-electron chi connectivity index (χ4n) is 2.86. The molecular weight excluding hydrogens is 273 g/mol. The van der Waals surface area contributed by atoms with Crippen LogP contribution in [0.2, 0.25) is 0 Å². The number of nitrogens with two attached hydrogens (primary N) is 1. The molecule has 0 saturated carbocycles. The summed E-state index contributed by atoms with van der Waals surface area (Å²) >= 11 is 0. The van der Waals surface area contributed by atoms with E-state index in [0.29, 0.717) is 18.0 Å². The van der Waals surface area contributed by atoms with Gasteiger partial charge in [0.2, 0.25) is 0 Å². The number of hydrogen-bond acceptors (Lipinski definition) is 4. The largest absolute Gasteiger partial charge is 0.409 e. The second-order valence-electron chi connectivity index (χ2n) is 5.46. The van der Waals surface area contributed by atoms with Crippen molar-refractivity contribution < 1.29 is 14.3 Å². The van der Waals surface area contributed by atoms with Crippen LogP contribution in [0.3, 0.4) is 0 Å². The van der Waals surface area contributed by atoms with E-state index < -0.39 is 5.82 Å². The summed E-state index contributed by atoms with van der Waals surface area (Å²) in [4.78, 5) is 2.22. The number of likely N-dealkylation sites (tertiary alicyclic amines) is 1. The Morgan fingerprint density at radius 3 is 3.10 bits per heavy atom. The van der Waals surface area contributed by atoms with Crippen LogP contribution >= 0.6 is 0 Å². The number of hydrogen-bond donors (Lipinski definition) is 2. The smallest absolute Gasteiger partial charge is 0.173 e. The molecule has 1 aliphatic rings. The van der Waals surface area contributed by atoms with Crippen LogP contribution in [0.1, 0.15) is 24.0 Å². The highest BCUT2D eigenvalue weighted by Crippen LogP contribution is 2.21. The van der Waals surface area contributed by atoms with Crippen LogP contribution in [-0.2, 0) is 11.3 Å². The molecule has 1 atom stereocenters. The van der Waals surface area contributed by atoms with Gasteiger partial charge in [-0.1, -0.05) is 17.3 Å². The Hall–Kier alpha value is -1.66. The van der Waals surface area contributed by atoms with Crippen molar-refractivity contribution in [3.8, 4) is 0 Å². The van der Waals surface area contributed by atoms with Crippen molar-refractivity contribution in [2.75, 3.05) is 26.8 Å². The van der Waals surface area contributed by atoms with Crippen molar-refractivity contribution >= 4 is 5.84 Å². The van der Waals surface area contributed by atoms with Crippen molar-refractivity contribution in [1.82, 2.24) is 4.90 Å². The molecule has 3 N–H and O–H groups in total. The van der Waals surface area contributed by atoms with Gasteiger partial charge in [0, 0.05) is 25.8 Å². The number of ether oxygens (including phenoxy) is 1. The Labute approximate surface area is 124 Å². The van der Waals surface area contributed by atoms with E-state index in [0.717, 1.165) is 32.5 Å². The van der Waals surface area contributed by atoms with E-state index in [1.54, 1.807) is 19.2 Å². The summed E-state index contributed by atoms with van der Waals surface area (Å²) in [6.07, 6.45) is 2.24. The standard InChI is InChI=1S/C15H22FN3O2/c1-21-10-11-4-3-7-19(8-11)9-12-5-2-6-13(14(12)16)15(17)18-20/h2,5-6,11,20H,3-4,7-10H2,1H3,(H2,17,18). The highest BCUT2D eigenvalue weighted by Gasteiger charge is 2.21. The second-order valence-corrected chi connectivity index (χ2v) is 5.46. The topological polar surface area (TPSA) is 71.1 Å². The summed E-state index contributed by atoms with van der Waals surface area (Å²) in [5, 5.41) is 11.6. The number of rotatable bonds is 5. The molecule has 1 aromatic rings. The van der Waals surface area contributed by atoms with E-state index in [1.165, 1.54) is 6.07 Å². The highest BCUT2D eigenvalue weighted by atomic mass is 19.1. The molecule has 0 radical (unpaired) electrons. The fourth-order valence-corrected chi connectivity index (χ4v) is 2.86. The maximum atomic E-state index is 14.4. The molecular formula is C15H22FN3O2. The molecule has 21 heavy (non-hydrogen) atoms. The van der Waals surface area contributed by atoms with Crippen LogP contribution in [0.5, 0.6) is 0 Å². The lowest BCUT2D eigenvalue weighted by molar-refractivity contribution is 0.0868. The van der Waals surface area contributed by atoms with Crippen LogP contribution in [-0.4, -0.2) is 42.7 Å². The molecule has 0 spiro atoms. The number of oxime groups is 1. The number of methoxy groups -OCH3 is 1. The molecule has 2 rings (SSSR count). The van der Waals surface area contributed by atoms with Crippen molar-refractivity contribution in [3.05, 3.63) is 35.1 Å². The Kier molecular flexibility index (Phi) is 5.52. The van der Waals surface area contributed by atoms with E-state index in [1.807, 2.05) is 0 Å². The summed E-state index contributed by atoms with van der Waals surface area (Å²) < 4.78 is 19.6. The molecule has 0 amide bonds. The average Bonchev–Trinajstić information content (AvgIpc) is 2.49. The van der Waals surface area contributed by atoms with Crippen LogP contribution in [0.15, 0.2) is 23.4 Å². The van der Waals surface area contributed by atoms with Crippen molar-refractivity contribution in [3.63, 3.8) is 0 Å². The van der Waals surface area contributed by atoms with E-state index in [9.17, 15) is 4.39 Å².